The predicted octanol–water partition coefficient (Wildman–Crippen LogP) is 3.10. The van der Waals surface area contributed by atoms with Crippen LogP contribution in [0.25, 0.3) is 0 Å². The SMILES string of the molecule is CCOC(=O)c1cc(Br)c(C(F)F)c(F)n1. The van der Waals surface area contributed by atoms with Crippen molar-refractivity contribution in [3.05, 3.63) is 27.7 Å². The summed E-state index contributed by atoms with van der Waals surface area (Å²) in [5, 5.41) is 0. The quantitative estimate of drug-likeness (QED) is 0.636. The number of hydrogen-bond donors (Lipinski definition) is 0. The minimum absolute atomic E-state index is 0.0936. The van der Waals surface area contributed by atoms with Crippen molar-refractivity contribution < 1.29 is 22.7 Å². The Hall–Kier alpha value is -1.11. The van der Waals surface area contributed by atoms with Crippen molar-refractivity contribution in [3.8, 4) is 0 Å². The van der Waals surface area contributed by atoms with Crippen LogP contribution in [-0.2, 0) is 4.74 Å². The van der Waals surface area contributed by atoms with Crippen LogP contribution in [0, 0.1) is 5.95 Å². The van der Waals surface area contributed by atoms with E-state index in [1.165, 1.54) is 0 Å². The molecular formula is C9H7BrF3NO2. The molecule has 0 radical (unpaired) electrons. The Kier molecular flexibility index (Phi) is 4.28. The highest BCUT2D eigenvalue weighted by Gasteiger charge is 2.22. The molecule has 0 atom stereocenters. The van der Waals surface area contributed by atoms with Crippen LogP contribution < -0.4 is 0 Å². The van der Waals surface area contributed by atoms with Gasteiger partial charge in [0.25, 0.3) is 6.43 Å². The second-order valence-corrected chi connectivity index (χ2v) is 3.57. The molecule has 0 fully saturated rings. The standard InChI is InChI=1S/C9H7BrF3NO2/c1-2-16-9(15)5-3-4(10)6(7(11)12)8(13)14-5/h3,7H,2H2,1H3. The van der Waals surface area contributed by atoms with E-state index in [9.17, 15) is 18.0 Å². The predicted molar refractivity (Wildman–Crippen MR) is 52.8 cm³/mol. The first-order valence-corrected chi connectivity index (χ1v) is 5.07. The van der Waals surface area contributed by atoms with Gasteiger partial charge in [0.05, 0.1) is 12.2 Å². The molecule has 88 valence electrons. The maximum Gasteiger partial charge on any atom is 0.357 e. The Morgan fingerprint density at radius 3 is 2.69 bits per heavy atom. The molecule has 0 aliphatic rings. The third kappa shape index (κ3) is 2.72. The lowest BCUT2D eigenvalue weighted by Gasteiger charge is -2.06. The Labute approximate surface area is 97.8 Å². The summed E-state index contributed by atoms with van der Waals surface area (Å²) >= 11 is 2.75. The van der Waals surface area contributed by atoms with Crippen LogP contribution in [0.2, 0.25) is 0 Å². The summed E-state index contributed by atoms with van der Waals surface area (Å²) in [6, 6.07) is 1.00. The average Bonchev–Trinajstić information content (AvgIpc) is 2.16. The van der Waals surface area contributed by atoms with Crippen molar-refractivity contribution in [2.75, 3.05) is 6.61 Å². The van der Waals surface area contributed by atoms with Crippen molar-refractivity contribution in [1.29, 1.82) is 0 Å². The highest BCUT2D eigenvalue weighted by molar-refractivity contribution is 9.10. The molecule has 16 heavy (non-hydrogen) atoms. The van der Waals surface area contributed by atoms with Crippen molar-refractivity contribution >= 4 is 21.9 Å². The van der Waals surface area contributed by atoms with Crippen LogP contribution in [-0.4, -0.2) is 17.6 Å². The highest BCUT2D eigenvalue weighted by atomic mass is 79.9. The zero-order valence-corrected chi connectivity index (χ0v) is 9.72. The zero-order valence-electron chi connectivity index (χ0n) is 8.14. The summed E-state index contributed by atoms with van der Waals surface area (Å²) in [6.45, 7) is 1.66. The van der Waals surface area contributed by atoms with Crippen molar-refractivity contribution in [3.63, 3.8) is 0 Å². The lowest BCUT2D eigenvalue weighted by Crippen LogP contribution is -2.10. The molecule has 0 unspecified atom stereocenters. The first kappa shape index (κ1) is 13.0. The van der Waals surface area contributed by atoms with E-state index in [1.54, 1.807) is 6.92 Å². The summed E-state index contributed by atoms with van der Waals surface area (Å²) in [6.07, 6.45) is -3.00. The molecule has 0 amide bonds. The van der Waals surface area contributed by atoms with Gasteiger partial charge in [0, 0.05) is 4.47 Å². The van der Waals surface area contributed by atoms with Crippen molar-refractivity contribution in [2.24, 2.45) is 0 Å². The summed E-state index contributed by atoms with van der Waals surface area (Å²) < 4.78 is 42.2. The third-order valence-corrected chi connectivity index (χ3v) is 2.32. The van der Waals surface area contributed by atoms with E-state index in [2.05, 4.69) is 25.7 Å². The number of carbonyl (C=O) groups is 1. The van der Waals surface area contributed by atoms with Gasteiger partial charge in [-0.05, 0) is 13.0 Å². The van der Waals surface area contributed by atoms with E-state index in [0.717, 1.165) is 6.07 Å². The molecule has 0 saturated heterocycles. The molecule has 1 heterocycles. The van der Waals surface area contributed by atoms with Crippen molar-refractivity contribution in [1.82, 2.24) is 4.98 Å². The maximum absolute atomic E-state index is 13.1. The average molecular weight is 298 g/mol. The lowest BCUT2D eigenvalue weighted by molar-refractivity contribution is 0.0516. The molecule has 7 heteroatoms. The van der Waals surface area contributed by atoms with Crippen LogP contribution in [0.4, 0.5) is 13.2 Å². The van der Waals surface area contributed by atoms with E-state index in [4.69, 9.17) is 0 Å². The van der Waals surface area contributed by atoms with Crippen LogP contribution in [0.5, 0.6) is 0 Å². The molecule has 0 aliphatic heterocycles. The second-order valence-electron chi connectivity index (χ2n) is 2.71. The van der Waals surface area contributed by atoms with Gasteiger partial charge in [-0.25, -0.2) is 18.6 Å². The smallest absolute Gasteiger partial charge is 0.357 e. The Morgan fingerprint density at radius 1 is 1.62 bits per heavy atom. The van der Waals surface area contributed by atoms with Crippen LogP contribution >= 0.6 is 15.9 Å². The number of halogens is 4. The van der Waals surface area contributed by atoms with E-state index in [-0.39, 0.29) is 16.8 Å². The fourth-order valence-corrected chi connectivity index (χ4v) is 1.55. The van der Waals surface area contributed by atoms with Gasteiger partial charge in [0.1, 0.15) is 0 Å². The minimum Gasteiger partial charge on any atom is -0.461 e. The van der Waals surface area contributed by atoms with E-state index in [0.29, 0.717) is 0 Å². The van der Waals surface area contributed by atoms with Gasteiger partial charge < -0.3 is 4.74 Å². The summed E-state index contributed by atoms with van der Waals surface area (Å²) in [4.78, 5) is 14.3. The molecule has 0 aliphatic carbocycles. The highest BCUT2D eigenvalue weighted by Crippen LogP contribution is 2.29. The molecule has 0 N–H and O–H groups in total. The van der Waals surface area contributed by atoms with E-state index >= 15 is 0 Å². The number of ether oxygens (including phenoxy) is 1. The number of aromatic nitrogens is 1. The van der Waals surface area contributed by atoms with Crippen LogP contribution in [0.1, 0.15) is 29.4 Å². The molecule has 1 rings (SSSR count). The van der Waals surface area contributed by atoms with Crippen molar-refractivity contribution in [2.45, 2.75) is 13.3 Å². The summed E-state index contributed by atoms with van der Waals surface area (Å²) in [5.74, 6) is -2.24. The Morgan fingerprint density at radius 2 is 2.25 bits per heavy atom. The molecule has 1 aromatic heterocycles. The Bertz CT molecular complexity index is 389. The number of esters is 1. The minimum atomic E-state index is -3.00. The molecule has 0 aromatic carbocycles. The first-order valence-electron chi connectivity index (χ1n) is 4.28. The molecule has 0 bridgehead atoms. The maximum atomic E-state index is 13.1. The molecule has 3 nitrogen and oxygen atoms in total. The fourth-order valence-electron chi connectivity index (χ4n) is 0.998. The number of pyridine rings is 1. The molecule has 1 aromatic rings. The van der Waals surface area contributed by atoms with Gasteiger partial charge in [0.2, 0.25) is 5.95 Å². The van der Waals surface area contributed by atoms with E-state index in [1.807, 2.05) is 0 Å². The first-order chi connectivity index (χ1) is 7.47. The molecule has 0 saturated carbocycles. The molecular weight excluding hydrogens is 291 g/mol. The van der Waals surface area contributed by atoms with Gasteiger partial charge in [-0.1, -0.05) is 15.9 Å². The monoisotopic (exact) mass is 297 g/mol. The van der Waals surface area contributed by atoms with Crippen LogP contribution in [0.15, 0.2) is 10.5 Å². The fraction of sp³-hybridized carbons (Fsp3) is 0.333. The second kappa shape index (κ2) is 5.29. The van der Waals surface area contributed by atoms with Gasteiger partial charge in [-0.15, -0.1) is 0 Å². The van der Waals surface area contributed by atoms with Gasteiger partial charge in [-0.2, -0.15) is 4.39 Å². The summed E-state index contributed by atoms with van der Waals surface area (Å²) in [7, 11) is 0. The third-order valence-electron chi connectivity index (χ3n) is 1.66. The number of hydrogen-bond acceptors (Lipinski definition) is 3. The number of nitrogens with zero attached hydrogens (tertiary/aromatic N) is 1. The van der Waals surface area contributed by atoms with E-state index < -0.39 is 23.9 Å². The molecule has 0 spiro atoms. The van der Waals surface area contributed by atoms with Gasteiger partial charge in [-0.3, -0.25) is 0 Å². The summed E-state index contributed by atoms with van der Waals surface area (Å²) in [5.41, 5.74) is -1.22. The number of alkyl halides is 2. The Balaban J connectivity index is 3.14. The van der Waals surface area contributed by atoms with Gasteiger partial charge in [0.15, 0.2) is 5.69 Å². The number of carbonyl (C=O) groups excluding carboxylic acids is 1. The lowest BCUT2D eigenvalue weighted by atomic mass is 10.2. The van der Waals surface area contributed by atoms with Crippen LogP contribution in [0.3, 0.4) is 0 Å². The topological polar surface area (TPSA) is 39.2 Å². The largest absolute Gasteiger partial charge is 0.461 e. The number of rotatable bonds is 3. The normalized spacial score (nSPS) is 10.6. The zero-order chi connectivity index (χ0) is 12.3. The van der Waals surface area contributed by atoms with Gasteiger partial charge >= 0.3 is 5.97 Å².